The van der Waals surface area contributed by atoms with E-state index in [9.17, 15) is 4.39 Å². The lowest BCUT2D eigenvalue weighted by atomic mass is 10.1. The molecule has 0 aliphatic rings. The van der Waals surface area contributed by atoms with E-state index in [1.54, 1.807) is 6.07 Å². The van der Waals surface area contributed by atoms with Gasteiger partial charge in [-0.15, -0.1) is 0 Å². The predicted octanol–water partition coefficient (Wildman–Crippen LogP) is 3.31. The van der Waals surface area contributed by atoms with Crippen molar-refractivity contribution in [1.82, 2.24) is 9.97 Å². The maximum atomic E-state index is 13.4. The molecule has 17 heavy (non-hydrogen) atoms. The third-order valence-corrected chi connectivity index (χ3v) is 3.46. The molecule has 0 aliphatic carbocycles. The number of H-pyrrole nitrogens is 1. The summed E-state index contributed by atoms with van der Waals surface area (Å²) in [5.74, 6) is 0.932. The van der Waals surface area contributed by atoms with Crippen molar-refractivity contribution >= 4 is 27.0 Å². The zero-order valence-corrected chi connectivity index (χ0v) is 11.2. The van der Waals surface area contributed by atoms with Gasteiger partial charge in [-0.05, 0) is 41.4 Å². The highest BCUT2D eigenvalue weighted by molar-refractivity contribution is 9.10. The highest BCUT2D eigenvalue weighted by atomic mass is 79.9. The summed E-state index contributed by atoms with van der Waals surface area (Å²) in [6.07, 6.45) is 1.95. The van der Waals surface area contributed by atoms with Crippen molar-refractivity contribution in [2.75, 3.05) is 6.54 Å². The Balaban J connectivity index is 2.31. The Morgan fingerprint density at radius 1 is 1.53 bits per heavy atom. The van der Waals surface area contributed by atoms with Crippen molar-refractivity contribution in [2.45, 2.75) is 25.7 Å². The van der Waals surface area contributed by atoms with E-state index in [2.05, 4.69) is 32.8 Å². The van der Waals surface area contributed by atoms with Gasteiger partial charge in [0.1, 0.15) is 11.6 Å². The number of imidazole rings is 1. The number of aromatic amines is 1. The number of nitrogens with two attached hydrogens (primary N) is 1. The molecule has 2 aromatic rings. The topological polar surface area (TPSA) is 54.7 Å². The van der Waals surface area contributed by atoms with Gasteiger partial charge in [-0.25, -0.2) is 9.37 Å². The highest BCUT2D eigenvalue weighted by Gasteiger charge is 2.12. The van der Waals surface area contributed by atoms with Gasteiger partial charge in [-0.1, -0.05) is 6.92 Å². The average Bonchev–Trinajstić information content (AvgIpc) is 2.69. The van der Waals surface area contributed by atoms with Gasteiger partial charge in [-0.3, -0.25) is 0 Å². The van der Waals surface area contributed by atoms with E-state index in [4.69, 9.17) is 5.73 Å². The number of nitrogens with zero attached hydrogens (tertiary/aromatic N) is 1. The first-order chi connectivity index (χ1) is 8.11. The Morgan fingerprint density at radius 2 is 2.29 bits per heavy atom. The maximum Gasteiger partial charge on any atom is 0.139 e. The second-order valence-corrected chi connectivity index (χ2v) is 5.09. The molecular weight excluding hydrogens is 285 g/mol. The van der Waals surface area contributed by atoms with Crippen LogP contribution in [0.2, 0.25) is 0 Å². The SMILES string of the molecule is CC(CCCN)c1nc2cc(Br)c(F)cc2[nH]1. The summed E-state index contributed by atoms with van der Waals surface area (Å²) in [5.41, 5.74) is 7.00. The Bertz CT molecular complexity index is 485. The van der Waals surface area contributed by atoms with Gasteiger partial charge in [0.25, 0.3) is 0 Å². The van der Waals surface area contributed by atoms with Crippen molar-refractivity contribution in [1.29, 1.82) is 0 Å². The van der Waals surface area contributed by atoms with Crippen LogP contribution in [0.4, 0.5) is 4.39 Å². The number of rotatable bonds is 4. The number of hydrogen-bond acceptors (Lipinski definition) is 2. The Morgan fingerprint density at radius 3 is 3.00 bits per heavy atom. The van der Waals surface area contributed by atoms with Crippen molar-refractivity contribution in [3.63, 3.8) is 0 Å². The number of hydrogen-bond donors (Lipinski definition) is 2. The second-order valence-electron chi connectivity index (χ2n) is 4.24. The Hall–Kier alpha value is -0.940. The van der Waals surface area contributed by atoms with E-state index >= 15 is 0 Å². The molecule has 1 aromatic carbocycles. The zero-order chi connectivity index (χ0) is 12.4. The fourth-order valence-electron chi connectivity index (χ4n) is 1.82. The zero-order valence-electron chi connectivity index (χ0n) is 9.63. The number of aromatic nitrogens is 2. The minimum absolute atomic E-state index is 0.276. The van der Waals surface area contributed by atoms with Crippen LogP contribution in [0.1, 0.15) is 31.5 Å². The van der Waals surface area contributed by atoms with Crippen LogP contribution in [0.3, 0.4) is 0 Å². The monoisotopic (exact) mass is 299 g/mol. The number of halogens is 2. The van der Waals surface area contributed by atoms with Gasteiger partial charge in [-0.2, -0.15) is 0 Å². The fraction of sp³-hybridized carbons (Fsp3) is 0.417. The molecule has 1 heterocycles. The van der Waals surface area contributed by atoms with Crippen molar-refractivity contribution in [3.8, 4) is 0 Å². The Labute approximate surface area is 108 Å². The van der Waals surface area contributed by atoms with Crippen LogP contribution < -0.4 is 5.73 Å². The quantitative estimate of drug-likeness (QED) is 0.910. The van der Waals surface area contributed by atoms with Gasteiger partial charge >= 0.3 is 0 Å². The molecule has 3 nitrogen and oxygen atoms in total. The van der Waals surface area contributed by atoms with Crippen LogP contribution in [-0.2, 0) is 0 Å². The summed E-state index contributed by atoms with van der Waals surface area (Å²) in [5, 5.41) is 0. The number of benzene rings is 1. The van der Waals surface area contributed by atoms with E-state index in [0.717, 1.165) is 29.7 Å². The highest BCUT2D eigenvalue weighted by Crippen LogP contribution is 2.25. The Kier molecular flexibility index (Phi) is 3.79. The van der Waals surface area contributed by atoms with Gasteiger partial charge in [0.05, 0.1) is 15.5 Å². The molecular formula is C12H15BrFN3. The summed E-state index contributed by atoms with van der Waals surface area (Å²) in [6, 6.07) is 3.16. The van der Waals surface area contributed by atoms with Crippen LogP contribution in [0.15, 0.2) is 16.6 Å². The third-order valence-electron chi connectivity index (χ3n) is 2.85. The van der Waals surface area contributed by atoms with Crippen LogP contribution in [-0.4, -0.2) is 16.5 Å². The third kappa shape index (κ3) is 2.66. The molecule has 0 aliphatic heterocycles. The molecule has 3 N–H and O–H groups in total. The molecule has 92 valence electrons. The van der Waals surface area contributed by atoms with Crippen molar-refractivity contribution in [3.05, 3.63) is 28.2 Å². The molecule has 1 aromatic heterocycles. The second kappa shape index (κ2) is 5.14. The largest absolute Gasteiger partial charge is 0.342 e. The van der Waals surface area contributed by atoms with Crippen LogP contribution >= 0.6 is 15.9 Å². The number of nitrogens with one attached hydrogen (secondary N) is 1. The molecule has 0 fully saturated rings. The van der Waals surface area contributed by atoms with Crippen LogP contribution in [0.25, 0.3) is 11.0 Å². The predicted molar refractivity (Wildman–Crippen MR) is 70.5 cm³/mol. The minimum atomic E-state index is -0.276. The van der Waals surface area contributed by atoms with Gasteiger partial charge in [0.2, 0.25) is 0 Å². The summed E-state index contributed by atoms with van der Waals surface area (Å²) < 4.78 is 13.8. The van der Waals surface area contributed by atoms with Crippen LogP contribution in [0.5, 0.6) is 0 Å². The lowest BCUT2D eigenvalue weighted by Gasteiger charge is -2.06. The molecule has 0 bridgehead atoms. The number of fused-ring (bicyclic) bond motifs is 1. The van der Waals surface area contributed by atoms with Gasteiger partial charge < -0.3 is 10.7 Å². The molecule has 2 rings (SSSR count). The van der Waals surface area contributed by atoms with E-state index in [0.29, 0.717) is 16.9 Å². The van der Waals surface area contributed by atoms with Crippen molar-refractivity contribution in [2.24, 2.45) is 5.73 Å². The summed E-state index contributed by atoms with van der Waals surface area (Å²) >= 11 is 3.16. The molecule has 5 heteroatoms. The standard InChI is InChI=1S/C12H15BrFN3/c1-7(3-2-4-15)12-16-10-5-8(13)9(14)6-11(10)17-12/h5-7H,2-4,15H2,1H3,(H,16,17). The van der Waals surface area contributed by atoms with E-state index < -0.39 is 0 Å². The molecule has 1 atom stereocenters. The van der Waals surface area contributed by atoms with Gasteiger partial charge in [0.15, 0.2) is 0 Å². The summed E-state index contributed by atoms with van der Waals surface area (Å²) in [4.78, 5) is 7.63. The normalized spacial score (nSPS) is 13.2. The molecule has 0 saturated carbocycles. The summed E-state index contributed by atoms with van der Waals surface area (Å²) in [6.45, 7) is 2.78. The molecule has 0 spiro atoms. The molecule has 0 radical (unpaired) electrons. The first kappa shape index (κ1) is 12.5. The molecule has 1 unspecified atom stereocenters. The minimum Gasteiger partial charge on any atom is -0.342 e. The smallest absolute Gasteiger partial charge is 0.139 e. The fourth-order valence-corrected chi connectivity index (χ4v) is 2.15. The van der Waals surface area contributed by atoms with E-state index in [1.807, 2.05) is 0 Å². The van der Waals surface area contributed by atoms with E-state index in [1.165, 1.54) is 6.07 Å². The molecule has 0 amide bonds. The van der Waals surface area contributed by atoms with Crippen LogP contribution in [0, 0.1) is 5.82 Å². The summed E-state index contributed by atoms with van der Waals surface area (Å²) in [7, 11) is 0. The molecule has 0 saturated heterocycles. The van der Waals surface area contributed by atoms with E-state index in [-0.39, 0.29) is 5.82 Å². The lowest BCUT2D eigenvalue weighted by Crippen LogP contribution is -2.02. The maximum absolute atomic E-state index is 13.4. The van der Waals surface area contributed by atoms with Crippen molar-refractivity contribution < 1.29 is 4.39 Å². The lowest BCUT2D eigenvalue weighted by molar-refractivity contribution is 0.616. The first-order valence-electron chi connectivity index (χ1n) is 5.66. The first-order valence-corrected chi connectivity index (χ1v) is 6.46. The average molecular weight is 300 g/mol. The van der Waals surface area contributed by atoms with Gasteiger partial charge in [0, 0.05) is 12.0 Å².